The first-order valence-electron chi connectivity index (χ1n) is 2.97. The van der Waals surface area contributed by atoms with Crippen molar-refractivity contribution in [2.24, 2.45) is 5.73 Å². The zero-order chi connectivity index (χ0) is 8.43. The average Bonchev–Trinajstić information content (AvgIpc) is 2.30. The van der Waals surface area contributed by atoms with E-state index >= 15 is 0 Å². The molecule has 1 aromatic heterocycles. The standard InChI is InChI=1S/C6H7FN2OS/c1-3-9-4(2-7)5(11-3)6(8)10/h2H2,1H3,(H2,8,10). The minimum Gasteiger partial charge on any atom is -0.365 e. The van der Waals surface area contributed by atoms with E-state index in [4.69, 9.17) is 5.73 Å². The maximum Gasteiger partial charge on any atom is 0.260 e. The number of aromatic nitrogens is 1. The molecule has 0 aliphatic carbocycles. The van der Waals surface area contributed by atoms with Gasteiger partial charge < -0.3 is 5.73 Å². The molecule has 2 N–H and O–H groups in total. The van der Waals surface area contributed by atoms with Crippen LogP contribution >= 0.6 is 11.3 Å². The molecule has 0 spiro atoms. The number of carbonyl (C=O) groups is 1. The molecule has 1 amide bonds. The molecule has 0 atom stereocenters. The van der Waals surface area contributed by atoms with Gasteiger partial charge in [0.05, 0.1) is 10.7 Å². The summed E-state index contributed by atoms with van der Waals surface area (Å²) < 4.78 is 12.1. The average molecular weight is 174 g/mol. The van der Waals surface area contributed by atoms with Crippen molar-refractivity contribution in [3.63, 3.8) is 0 Å². The van der Waals surface area contributed by atoms with Gasteiger partial charge in [-0.05, 0) is 6.92 Å². The fourth-order valence-corrected chi connectivity index (χ4v) is 1.52. The summed E-state index contributed by atoms with van der Waals surface area (Å²) in [6, 6.07) is 0. The predicted molar refractivity (Wildman–Crippen MR) is 40.2 cm³/mol. The minimum atomic E-state index is -0.734. The van der Waals surface area contributed by atoms with Gasteiger partial charge in [-0.2, -0.15) is 0 Å². The van der Waals surface area contributed by atoms with E-state index in [0.717, 1.165) is 11.3 Å². The van der Waals surface area contributed by atoms with Crippen LogP contribution in [0.15, 0.2) is 0 Å². The van der Waals surface area contributed by atoms with Crippen LogP contribution in [0.25, 0.3) is 0 Å². The van der Waals surface area contributed by atoms with Gasteiger partial charge in [0.25, 0.3) is 5.91 Å². The molecule has 60 valence electrons. The number of hydrogen-bond acceptors (Lipinski definition) is 3. The van der Waals surface area contributed by atoms with Crippen molar-refractivity contribution in [1.82, 2.24) is 4.98 Å². The van der Waals surface area contributed by atoms with Crippen molar-refractivity contribution in [2.45, 2.75) is 13.6 Å². The first kappa shape index (κ1) is 8.13. The molecular weight excluding hydrogens is 167 g/mol. The van der Waals surface area contributed by atoms with Crippen LogP contribution in [-0.2, 0) is 6.67 Å². The fraction of sp³-hybridized carbons (Fsp3) is 0.333. The van der Waals surface area contributed by atoms with Crippen LogP contribution in [-0.4, -0.2) is 10.9 Å². The highest BCUT2D eigenvalue weighted by atomic mass is 32.1. The van der Waals surface area contributed by atoms with Crippen molar-refractivity contribution in [2.75, 3.05) is 0 Å². The van der Waals surface area contributed by atoms with Crippen LogP contribution in [0.4, 0.5) is 4.39 Å². The van der Waals surface area contributed by atoms with Gasteiger partial charge in [-0.25, -0.2) is 9.37 Å². The molecule has 11 heavy (non-hydrogen) atoms. The summed E-state index contributed by atoms with van der Waals surface area (Å²) in [5, 5.41) is 0.659. The van der Waals surface area contributed by atoms with Crippen LogP contribution in [0, 0.1) is 6.92 Å². The summed E-state index contributed by atoms with van der Waals surface area (Å²) in [4.78, 5) is 14.6. The molecule has 0 saturated carbocycles. The summed E-state index contributed by atoms with van der Waals surface area (Å²) in [7, 11) is 0. The third-order valence-electron chi connectivity index (χ3n) is 1.15. The summed E-state index contributed by atoms with van der Waals surface area (Å²) in [5.41, 5.74) is 5.12. The van der Waals surface area contributed by atoms with E-state index in [1.807, 2.05) is 0 Å². The van der Waals surface area contributed by atoms with Crippen LogP contribution in [0.5, 0.6) is 0 Å². The molecule has 0 radical (unpaired) electrons. The number of aryl methyl sites for hydroxylation is 1. The lowest BCUT2D eigenvalue weighted by molar-refractivity contribution is 0.100. The van der Waals surface area contributed by atoms with E-state index in [1.54, 1.807) is 6.92 Å². The molecule has 0 unspecified atom stereocenters. The number of alkyl halides is 1. The number of primary amides is 1. The van der Waals surface area contributed by atoms with E-state index < -0.39 is 12.6 Å². The molecule has 1 heterocycles. The maximum atomic E-state index is 12.1. The fourth-order valence-electron chi connectivity index (χ4n) is 0.753. The molecule has 0 bridgehead atoms. The molecule has 0 aromatic carbocycles. The normalized spacial score (nSPS) is 10.0. The van der Waals surface area contributed by atoms with Crippen molar-refractivity contribution in [3.05, 3.63) is 15.6 Å². The van der Waals surface area contributed by atoms with Gasteiger partial charge in [-0.1, -0.05) is 0 Å². The number of amides is 1. The molecular formula is C6H7FN2OS. The first-order valence-corrected chi connectivity index (χ1v) is 3.79. The molecule has 0 saturated heterocycles. The second-order valence-corrected chi connectivity index (χ2v) is 3.21. The Hall–Kier alpha value is -0.970. The van der Waals surface area contributed by atoms with E-state index in [-0.39, 0.29) is 10.6 Å². The Balaban J connectivity index is 3.12. The molecule has 0 fully saturated rings. The smallest absolute Gasteiger partial charge is 0.260 e. The maximum absolute atomic E-state index is 12.1. The lowest BCUT2D eigenvalue weighted by Gasteiger charge is -1.88. The number of carbonyl (C=O) groups excluding carboxylic acids is 1. The van der Waals surface area contributed by atoms with Gasteiger partial charge in [0.1, 0.15) is 11.6 Å². The summed E-state index contributed by atoms with van der Waals surface area (Å²) >= 11 is 1.12. The highest BCUT2D eigenvalue weighted by Crippen LogP contribution is 2.17. The molecule has 0 aliphatic rings. The van der Waals surface area contributed by atoms with Gasteiger partial charge in [-0.3, -0.25) is 4.79 Å². The van der Waals surface area contributed by atoms with Gasteiger partial charge in [0.15, 0.2) is 0 Å². The summed E-state index contributed by atoms with van der Waals surface area (Å²) in [6.45, 7) is 0.971. The Labute approximate surface area is 67.1 Å². The Morgan fingerprint density at radius 3 is 2.82 bits per heavy atom. The van der Waals surface area contributed by atoms with Crippen LogP contribution < -0.4 is 5.73 Å². The SMILES string of the molecule is Cc1nc(CF)c(C(N)=O)s1. The number of nitrogens with zero attached hydrogens (tertiary/aromatic N) is 1. The topological polar surface area (TPSA) is 56.0 Å². The number of nitrogens with two attached hydrogens (primary N) is 1. The van der Waals surface area contributed by atoms with E-state index in [1.165, 1.54) is 0 Å². The summed E-state index contributed by atoms with van der Waals surface area (Å²) in [5.74, 6) is -0.608. The first-order chi connectivity index (χ1) is 5.15. The highest BCUT2D eigenvalue weighted by Gasteiger charge is 2.12. The lowest BCUT2D eigenvalue weighted by Crippen LogP contribution is -2.10. The highest BCUT2D eigenvalue weighted by molar-refractivity contribution is 7.13. The molecule has 3 nitrogen and oxygen atoms in total. The third kappa shape index (κ3) is 1.54. The van der Waals surface area contributed by atoms with E-state index in [0.29, 0.717) is 5.01 Å². The Morgan fingerprint density at radius 2 is 2.45 bits per heavy atom. The van der Waals surface area contributed by atoms with Crippen molar-refractivity contribution in [1.29, 1.82) is 0 Å². The van der Waals surface area contributed by atoms with Gasteiger partial charge in [0, 0.05) is 0 Å². The largest absolute Gasteiger partial charge is 0.365 e. The number of halogens is 1. The third-order valence-corrected chi connectivity index (χ3v) is 2.18. The van der Waals surface area contributed by atoms with Crippen molar-refractivity contribution < 1.29 is 9.18 Å². The van der Waals surface area contributed by atoms with Gasteiger partial charge in [-0.15, -0.1) is 11.3 Å². The Kier molecular flexibility index (Phi) is 2.19. The van der Waals surface area contributed by atoms with Gasteiger partial charge in [0.2, 0.25) is 0 Å². The number of rotatable bonds is 2. The van der Waals surface area contributed by atoms with Gasteiger partial charge >= 0.3 is 0 Å². The quantitative estimate of drug-likeness (QED) is 0.727. The Morgan fingerprint density at radius 1 is 1.82 bits per heavy atom. The van der Waals surface area contributed by atoms with Crippen molar-refractivity contribution in [3.8, 4) is 0 Å². The van der Waals surface area contributed by atoms with E-state index in [2.05, 4.69) is 4.98 Å². The second kappa shape index (κ2) is 2.96. The van der Waals surface area contributed by atoms with Crippen LogP contribution in [0.2, 0.25) is 0 Å². The number of thiazole rings is 1. The molecule has 0 aliphatic heterocycles. The van der Waals surface area contributed by atoms with Crippen LogP contribution in [0.3, 0.4) is 0 Å². The van der Waals surface area contributed by atoms with Crippen LogP contribution in [0.1, 0.15) is 20.4 Å². The zero-order valence-corrected chi connectivity index (χ0v) is 6.74. The number of hydrogen-bond donors (Lipinski definition) is 1. The minimum absolute atomic E-state index is 0.153. The molecule has 1 rings (SSSR count). The second-order valence-electron chi connectivity index (χ2n) is 2.01. The molecule has 1 aromatic rings. The predicted octanol–water partition coefficient (Wildman–Crippen LogP) is 1.02. The monoisotopic (exact) mass is 174 g/mol. The Bertz CT molecular complexity index is 284. The summed E-state index contributed by atoms with van der Waals surface area (Å²) in [6.07, 6.45) is 0. The zero-order valence-electron chi connectivity index (χ0n) is 5.93. The molecule has 5 heteroatoms. The van der Waals surface area contributed by atoms with E-state index in [9.17, 15) is 9.18 Å². The lowest BCUT2D eigenvalue weighted by atomic mass is 10.4. The van der Waals surface area contributed by atoms with Crippen molar-refractivity contribution >= 4 is 17.2 Å².